The summed E-state index contributed by atoms with van der Waals surface area (Å²) in [6.45, 7) is 2.23. The van der Waals surface area contributed by atoms with Crippen molar-refractivity contribution in [1.82, 2.24) is 15.5 Å². The molecule has 0 radical (unpaired) electrons. The van der Waals surface area contributed by atoms with E-state index in [0.29, 0.717) is 12.1 Å². The largest absolute Gasteiger partial charge is 0.361 e. The molecule has 2 N–H and O–H groups in total. The highest BCUT2D eigenvalue weighted by atomic mass is 32.1. The Hall–Kier alpha value is -0.350. The molecule has 1 aliphatic heterocycles. The van der Waals surface area contributed by atoms with Crippen LogP contribution in [-0.2, 0) is 0 Å². The fraction of sp³-hybridized carbons (Fsp3) is 0.909. The van der Waals surface area contributed by atoms with Gasteiger partial charge in [0.2, 0.25) is 0 Å². The van der Waals surface area contributed by atoms with Crippen molar-refractivity contribution in [3.8, 4) is 0 Å². The van der Waals surface area contributed by atoms with Crippen LogP contribution in [0.3, 0.4) is 0 Å². The number of hydrogen-bond acceptors (Lipinski definition) is 2. The molecule has 0 bridgehead atoms. The first-order valence-corrected chi connectivity index (χ1v) is 6.41. The minimum Gasteiger partial charge on any atom is -0.361 e. The molecular formula is C11H21N3S. The molecule has 2 fully saturated rings. The highest BCUT2D eigenvalue weighted by Gasteiger charge is 2.23. The second-order valence-electron chi connectivity index (χ2n) is 4.76. The van der Waals surface area contributed by atoms with Crippen molar-refractivity contribution < 1.29 is 0 Å². The molecule has 1 unspecified atom stereocenters. The van der Waals surface area contributed by atoms with Gasteiger partial charge in [-0.2, -0.15) is 0 Å². The van der Waals surface area contributed by atoms with Crippen LogP contribution in [-0.4, -0.2) is 42.2 Å². The quantitative estimate of drug-likeness (QED) is 0.706. The fourth-order valence-electron chi connectivity index (χ4n) is 2.08. The molecule has 1 aliphatic carbocycles. The Balaban J connectivity index is 1.64. The van der Waals surface area contributed by atoms with Crippen molar-refractivity contribution in [3.05, 3.63) is 0 Å². The Labute approximate surface area is 97.6 Å². The lowest BCUT2D eigenvalue weighted by Crippen LogP contribution is -2.47. The monoisotopic (exact) mass is 227 g/mol. The number of nitrogens with zero attached hydrogens (tertiary/aromatic N) is 1. The third kappa shape index (κ3) is 3.61. The zero-order chi connectivity index (χ0) is 10.7. The summed E-state index contributed by atoms with van der Waals surface area (Å²) in [6.07, 6.45) is 6.57. The first kappa shape index (κ1) is 11.1. The van der Waals surface area contributed by atoms with Gasteiger partial charge in [-0.1, -0.05) is 6.42 Å². The molecule has 1 heterocycles. The smallest absolute Gasteiger partial charge is 0.166 e. The summed E-state index contributed by atoms with van der Waals surface area (Å²) in [5.41, 5.74) is 0. The zero-order valence-electron chi connectivity index (χ0n) is 9.46. The average molecular weight is 227 g/mol. The predicted molar refractivity (Wildman–Crippen MR) is 67.0 cm³/mol. The molecule has 86 valence electrons. The van der Waals surface area contributed by atoms with E-state index in [1.165, 1.54) is 38.6 Å². The number of nitrogens with one attached hydrogen (secondary N) is 2. The second kappa shape index (κ2) is 5.12. The number of hydrogen-bond donors (Lipinski definition) is 2. The van der Waals surface area contributed by atoms with E-state index in [2.05, 4.69) is 22.6 Å². The van der Waals surface area contributed by atoms with Crippen molar-refractivity contribution in [2.75, 3.05) is 20.1 Å². The van der Waals surface area contributed by atoms with Gasteiger partial charge in [-0.3, -0.25) is 0 Å². The first-order valence-electron chi connectivity index (χ1n) is 6.00. The Bertz CT molecular complexity index is 228. The van der Waals surface area contributed by atoms with Gasteiger partial charge in [0.1, 0.15) is 0 Å². The van der Waals surface area contributed by atoms with Crippen molar-refractivity contribution in [3.63, 3.8) is 0 Å². The summed E-state index contributed by atoms with van der Waals surface area (Å²) in [4.78, 5) is 2.44. The number of likely N-dealkylation sites (tertiary alicyclic amines) is 1. The highest BCUT2D eigenvalue weighted by Crippen LogP contribution is 2.18. The number of rotatable bonds is 3. The molecule has 0 amide bonds. The minimum absolute atomic E-state index is 0.661. The highest BCUT2D eigenvalue weighted by molar-refractivity contribution is 7.80. The third-order valence-electron chi connectivity index (χ3n) is 3.33. The molecule has 0 aromatic rings. The maximum atomic E-state index is 5.24. The number of likely N-dealkylation sites (N-methyl/N-ethyl adjacent to an activating group) is 1. The molecular weight excluding hydrogens is 206 g/mol. The van der Waals surface area contributed by atoms with E-state index in [9.17, 15) is 0 Å². The topological polar surface area (TPSA) is 27.3 Å². The lowest BCUT2D eigenvalue weighted by atomic mass is 10.0. The molecule has 0 spiro atoms. The van der Waals surface area contributed by atoms with E-state index in [0.717, 1.165) is 11.7 Å². The molecule has 15 heavy (non-hydrogen) atoms. The van der Waals surface area contributed by atoms with Gasteiger partial charge in [0, 0.05) is 18.6 Å². The Morgan fingerprint density at radius 1 is 1.33 bits per heavy atom. The van der Waals surface area contributed by atoms with Crippen molar-refractivity contribution >= 4 is 17.3 Å². The molecule has 2 aliphatic rings. The van der Waals surface area contributed by atoms with Gasteiger partial charge < -0.3 is 15.5 Å². The predicted octanol–water partition coefficient (Wildman–Crippen LogP) is 1.10. The van der Waals surface area contributed by atoms with E-state index >= 15 is 0 Å². The van der Waals surface area contributed by atoms with E-state index < -0.39 is 0 Å². The van der Waals surface area contributed by atoms with Crippen LogP contribution in [0, 0.1) is 0 Å². The van der Waals surface area contributed by atoms with E-state index in [4.69, 9.17) is 12.2 Å². The van der Waals surface area contributed by atoms with Gasteiger partial charge in [-0.05, 0) is 51.5 Å². The first-order chi connectivity index (χ1) is 7.25. The summed E-state index contributed by atoms with van der Waals surface area (Å²) >= 11 is 5.24. The second-order valence-corrected chi connectivity index (χ2v) is 5.17. The van der Waals surface area contributed by atoms with Gasteiger partial charge in [-0.15, -0.1) is 0 Å². The lowest BCUT2D eigenvalue weighted by molar-refractivity contribution is 0.186. The van der Waals surface area contributed by atoms with E-state index in [1.807, 2.05) is 0 Å². The van der Waals surface area contributed by atoms with Crippen LogP contribution in [0.25, 0.3) is 0 Å². The van der Waals surface area contributed by atoms with E-state index in [1.54, 1.807) is 0 Å². The Morgan fingerprint density at radius 3 is 2.80 bits per heavy atom. The maximum Gasteiger partial charge on any atom is 0.166 e. The lowest BCUT2D eigenvalue weighted by Gasteiger charge is -2.32. The molecule has 3 nitrogen and oxygen atoms in total. The van der Waals surface area contributed by atoms with Gasteiger partial charge in [0.25, 0.3) is 0 Å². The van der Waals surface area contributed by atoms with Gasteiger partial charge in [0.15, 0.2) is 5.11 Å². The molecule has 2 rings (SSSR count). The Kier molecular flexibility index (Phi) is 3.81. The van der Waals surface area contributed by atoms with Crippen LogP contribution < -0.4 is 10.6 Å². The van der Waals surface area contributed by atoms with Crippen molar-refractivity contribution in [1.29, 1.82) is 0 Å². The molecule has 4 heteroatoms. The summed E-state index contributed by atoms with van der Waals surface area (Å²) in [5, 5.41) is 7.49. The average Bonchev–Trinajstić information content (AvgIpc) is 3.00. The summed E-state index contributed by atoms with van der Waals surface area (Å²) < 4.78 is 0. The van der Waals surface area contributed by atoms with Crippen molar-refractivity contribution in [2.24, 2.45) is 0 Å². The molecule has 1 saturated heterocycles. The van der Waals surface area contributed by atoms with Gasteiger partial charge in [0.05, 0.1) is 0 Å². The molecule has 1 atom stereocenters. The van der Waals surface area contributed by atoms with Crippen LogP contribution in [0.15, 0.2) is 0 Å². The van der Waals surface area contributed by atoms with Crippen LogP contribution in [0.2, 0.25) is 0 Å². The maximum absolute atomic E-state index is 5.24. The van der Waals surface area contributed by atoms with Gasteiger partial charge >= 0.3 is 0 Å². The molecule has 0 aromatic heterocycles. The van der Waals surface area contributed by atoms with Crippen LogP contribution in [0.5, 0.6) is 0 Å². The molecule has 1 saturated carbocycles. The normalized spacial score (nSPS) is 27.4. The summed E-state index contributed by atoms with van der Waals surface area (Å²) in [6, 6.07) is 1.33. The van der Waals surface area contributed by atoms with Crippen LogP contribution in [0.1, 0.15) is 32.1 Å². The summed E-state index contributed by atoms with van der Waals surface area (Å²) in [5.74, 6) is 0. The molecule has 0 aromatic carbocycles. The van der Waals surface area contributed by atoms with Crippen LogP contribution in [0.4, 0.5) is 0 Å². The third-order valence-corrected chi connectivity index (χ3v) is 3.59. The van der Waals surface area contributed by atoms with Crippen molar-refractivity contribution in [2.45, 2.75) is 44.2 Å². The standard InChI is InChI=1S/C11H21N3S/c1-14-7-3-2-4-10(14)8-12-11(15)13-9-5-6-9/h9-10H,2-8H2,1H3,(H2,12,13,15). The summed E-state index contributed by atoms with van der Waals surface area (Å²) in [7, 11) is 2.21. The Morgan fingerprint density at radius 2 is 2.13 bits per heavy atom. The fourth-order valence-corrected chi connectivity index (χ4v) is 2.33. The number of thiocarbonyl (C=S) groups is 1. The van der Waals surface area contributed by atoms with Crippen LogP contribution >= 0.6 is 12.2 Å². The zero-order valence-corrected chi connectivity index (χ0v) is 10.3. The van der Waals surface area contributed by atoms with E-state index in [-0.39, 0.29) is 0 Å². The SMILES string of the molecule is CN1CCCCC1CNC(=S)NC1CC1. The van der Waals surface area contributed by atoms with Gasteiger partial charge in [-0.25, -0.2) is 0 Å². The minimum atomic E-state index is 0.661. The number of piperidine rings is 1.